The van der Waals surface area contributed by atoms with Gasteiger partial charge in [-0.15, -0.1) is 0 Å². The van der Waals surface area contributed by atoms with E-state index in [9.17, 15) is 0 Å². The number of benzene rings is 3. The number of hydrogen-bond donors (Lipinski definition) is 0. The van der Waals surface area contributed by atoms with E-state index < -0.39 is 0 Å². The maximum atomic E-state index is 5.79. The molecule has 3 aromatic carbocycles. The minimum Gasteiger partial charge on any atom is -0.496 e. The van der Waals surface area contributed by atoms with E-state index in [0.29, 0.717) is 0 Å². The van der Waals surface area contributed by atoms with Crippen molar-refractivity contribution in [2.75, 3.05) is 27.1 Å². The van der Waals surface area contributed by atoms with E-state index >= 15 is 0 Å². The van der Waals surface area contributed by atoms with Gasteiger partial charge in [0.2, 0.25) is 0 Å². The molecule has 28 heavy (non-hydrogen) atoms. The summed E-state index contributed by atoms with van der Waals surface area (Å²) in [6.07, 6.45) is 2.20. The second-order valence-corrected chi connectivity index (χ2v) is 9.18. The van der Waals surface area contributed by atoms with Crippen LogP contribution in [0.5, 0.6) is 5.75 Å². The molecule has 0 aromatic heterocycles. The average molecular weight is 391 g/mol. The fourth-order valence-corrected chi connectivity index (χ4v) is 4.92. The number of rotatable bonds is 6. The molecule has 0 aliphatic heterocycles. The van der Waals surface area contributed by atoms with Crippen molar-refractivity contribution in [2.45, 2.75) is 24.3 Å². The molecule has 0 atom stereocenters. The summed E-state index contributed by atoms with van der Waals surface area (Å²) in [6, 6.07) is 24.1. The number of ether oxygens (including phenoxy) is 1. The first-order chi connectivity index (χ1) is 13.6. The molecule has 144 valence electrons. The average Bonchev–Trinajstić information content (AvgIpc) is 2.72. The first-order valence-corrected chi connectivity index (χ1v) is 10.8. The lowest BCUT2D eigenvalue weighted by atomic mass is 9.84. The van der Waals surface area contributed by atoms with E-state index in [4.69, 9.17) is 4.74 Å². The Labute approximate surface area is 172 Å². The van der Waals surface area contributed by atoms with Crippen LogP contribution in [0.2, 0.25) is 0 Å². The summed E-state index contributed by atoms with van der Waals surface area (Å²) in [5, 5.41) is 0. The van der Waals surface area contributed by atoms with E-state index in [0.717, 1.165) is 35.5 Å². The predicted molar refractivity (Wildman–Crippen MR) is 119 cm³/mol. The molecule has 0 bridgehead atoms. The molecular weight excluding hydrogens is 362 g/mol. The summed E-state index contributed by atoms with van der Waals surface area (Å²) in [4.78, 5) is 1.32. The van der Waals surface area contributed by atoms with E-state index in [-0.39, 0.29) is 0 Å². The van der Waals surface area contributed by atoms with Crippen molar-refractivity contribution in [1.82, 2.24) is 0 Å². The number of fused-ring (bicyclic) bond motifs is 3. The van der Waals surface area contributed by atoms with E-state index in [1.807, 2.05) is 11.8 Å². The van der Waals surface area contributed by atoms with Crippen LogP contribution >= 0.6 is 11.8 Å². The second kappa shape index (κ2) is 8.02. The molecule has 0 N–H and O–H groups in total. The molecule has 0 saturated heterocycles. The maximum Gasteiger partial charge on any atom is 0.130 e. The lowest BCUT2D eigenvalue weighted by Gasteiger charge is -2.31. The van der Waals surface area contributed by atoms with Crippen LogP contribution in [0.1, 0.15) is 16.7 Å². The highest BCUT2D eigenvalue weighted by atomic mass is 32.2. The molecule has 0 radical (unpaired) electrons. The Kier molecular flexibility index (Phi) is 5.47. The lowest BCUT2D eigenvalue weighted by Crippen LogP contribution is -2.38. The normalized spacial score (nSPS) is 13.0. The molecule has 1 aliphatic rings. The predicted octanol–water partition coefficient (Wildman–Crippen LogP) is 5.79. The number of aryl methyl sites for hydroxylation is 2. The van der Waals surface area contributed by atoms with Crippen LogP contribution < -0.4 is 4.74 Å². The Bertz CT molecular complexity index is 966. The molecule has 3 heteroatoms. The van der Waals surface area contributed by atoms with Crippen LogP contribution in [-0.4, -0.2) is 31.6 Å². The fourth-order valence-electron chi connectivity index (χ4n) is 3.98. The molecule has 1 aliphatic carbocycles. The molecule has 0 fully saturated rings. The molecular formula is C25H28NOS+. The lowest BCUT2D eigenvalue weighted by molar-refractivity contribution is -0.891. The monoisotopic (exact) mass is 390 g/mol. The van der Waals surface area contributed by atoms with Crippen LogP contribution in [0.3, 0.4) is 0 Å². The van der Waals surface area contributed by atoms with E-state index in [1.54, 1.807) is 7.11 Å². The van der Waals surface area contributed by atoms with Crippen molar-refractivity contribution in [2.24, 2.45) is 0 Å². The summed E-state index contributed by atoms with van der Waals surface area (Å²) in [5.74, 6) is 2.04. The Morgan fingerprint density at radius 1 is 0.857 bits per heavy atom. The summed E-state index contributed by atoms with van der Waals surface area (Å²) in [7, 11) is 6.38. The summed E-state index contributed by atoms with van der Waals surface area (Å²) < 4.78 is 6.69. The van der Waals surface area contributed by atoms with Crippen molar-refractivity contribution in [3.8, 4) is 16.9 Å². The number of quaternary nitrogens is 1. The topological polar surface area (TPSA) is 9.23 Å². The molecule has 0 spiro atoms. The number of hydrogen-bond acceptors (Lipinski definition) is 2. The highest BCUT2D eigenvalue weighted by Gasteiger charge is 2.23. The largest absolute Gasteiger partial charge is 0.496 e. The van der Waals surface area contributed by atoms with Gasteiger partial charge < -0.3 is 9.22 Å². The van der Waals surface area contributed by atoms with E-state index in [2.05, 4.69) is 80.8 Å². The highest BCUT2D eigenvalue weighted by Crippen LogP contribution is 2.38. The van der Waals surface area contributed by atoms with Gasteiger partial charge in [-0.3, -0.25) is 0 Å². The van der Waals surface area contributed by atoms with Crippen molar-refractivity contribution in [1.29, 1.82) is 0 Å². The third-order valence-electron chi connectivity index (χ3n) is 5.40. The van der Waals surface area contributed by atoms with Crippen molar-refractivity contribution < 1.29 is 9.22 Å². The minimum atomic E-state index is 0.899. The molecule has 0 saturated carbocycles. The third kappa shape index (κ3) is 4.11. The quantitative estimate of drug-likeness (QED) is 0.299. The van der Waals surface area contributed by atoms with Crippen LogP contribution in [-0.2, 0) is 19.4 Å². The highest BCUT2D eigenvalue weighted by molar-refractivity contribution is 7.99. The SMILES string of the molecule is COc1cc2c(cc1C[N+](C)(C)CSc1ccccc1)-c1ccccc1CC2. The first kappa shape index (κ1) is 19.1. The molecule has 4 rings (SSSR count). The Hall–Kier alpha value is -2.23. The van der Waals surface area contributed by atoms with Gasteiger partial charge in [0.1, 0.15) is 18.2 Å². The Morgan fingerprint density at radius 2 is 1.57 bits per heavy atom. The summed E-state index contributed by atoms with van der Waals surface area (Å²) in [6.45, 7) is 0.943. The Balaban J connectivity index is 1.60. The van der Waals surface area contributed by atoms with Gasteiger partial charge in [-0.25, -0.2) is 0 Å². The van der Waals surface area contributed by atoms with Crippen LogP contribution in [0.15, 0.2) is 71.6 Å². The van der Waals surface area contributed by atoms with Crippen molar-refractivity contribution in [3.05, 3.63) is 83.4 Å². The number of nitrogens with zero attached hydrogens (tertiary/aromatic N) is 1. The van der Waals surface area contributed by atoms with Crippen molar-refractivity contribution >= 4 is 11.8 Å². The maximum absolute atomic E-state index is 5.79. The van der Waals surface area contributed by atoms with Gasteiger partial charge in [-0.2, -0.15) is 0 Å². The zero-order chi connectivity index (χ0) is 19.6. The zero-order valence-electron chi connectivity index (χ0n) is 16.9. The Morgan fingerprint density at radius 3 is 2.36 bits per heavy atom. The van der Waals surface area contributed by atoms with Gasteiger partial charge in [-0.1, -0.05) is 54.2 Å². The van der Waals surface area contributed by atoms with Gasteiger partial charge in [-0.05, 0) is 59.4 Å². The van der Waals surface area contributed by atoms with Crippen LogP contribution in [0.4, 0.5) is 0 Å². The van der Waals surface area contributed by atoms with Gasteiger partial charge in [0.05, 0.1) is 21.2 Å². The molecule has 3 aromatic rings. The molecule has 2 nitrogen and oxygen atoms in total. The number of thioether (sulfide) groups is 1. The van der Waals surface area contributed by atoms with Crippen molar-refractivity contribution in [3.63, 3.8) is 0 Å². The standard InChI is InChI=1S/C25H28NOS/c1-26(2,18-28-22-10-5-4-6-11-22)17-21-15-24-20(16-25(21)27-3)14-13-19-9-7-8-12-23(19)24/h4-12,15-16H,13-14,17-18H2,1-3H3/q+1. The third-order valence-corrected chi connectivity index (χ3v) is 6.83. The smallest absolute Gasteiger partial charge is 0.130 e. The summed E-state index contributed by atoms with van der Waals surface area (Å²) >= 11 is 1.91. The van der Waals surface area contributed by atoms with Crippen LogP contribution in [0, 0.1) is 0 Å². The first-order valence-electron chi connectivity index (χ1n) is 9.84. The van der Waals surface area contributed by atoms with Gasteiger partial charge in [0.25, 0.3) is 0 Å². The molecule has 0 heterocycles. The van der Waals surface area contributed by atoms with Gasteiger partial charge in [0, 0.05) is 10.5 Å². The van der Waals surface area contributed by atoms with E-state index in [1.165, 1.54) is 32.7 Å². The van der Waals surface area contributed by atoms with Crippen LogP contribution in [0.25, 0.3) is 11.1 Å². The second-order valence-electron chi connectivity index (χ2n) is 8.16. The minimum absolute atomic E-state index is 0.899. The molecule has 0 amide bonds. The number of methoxy groups -OCH3 is 1. The molecule has 0 unspecified atom stereocenters. The van der Waals surface area contributed by atoms with Gasteiger partial charge >= 0.3 is 0 Å². The fraction of sp³-hybridized carbons (Fsp3) is 0.280. The zero-order valence-corrected chi connectivity index (χ0v) is 17.8. The summed E-state index contributed by atoms with van der Waals surface area (Å²) in [5.41, 5.74) is 6.92. The van der Waals surface area contributed by atoms with Gasteiger partial charge in [0.15, 0.2) is 0 Å².